The molecule has 1 aliphatic heterocycles. The van der Waals surface area contributed by atoms with Crippen LogP contribution in [0, 0.1) is 18.8 Å². The van der Waals surface area contributed by atoms with Gasteiger partial charge in [0.2, 0.25) is 0 Å². The SMILES string of the molecule is C=C(C)/C(=C\C)C1CC1.C=C(C)C.CC(=O)C1CCC1.CCCCC.Cc1ccc(CN2CCCCCC2)nc1. The Bertz CT molecular complexity index is 829. The van der Waals surface area contributed by atoms with E-state index in [2.05, 4.69) is 75.9 Å². The van der Waals surface area contributed by atoms with Gasteiger partial charge in [-0.05, 0) is 116 Å². The number of likely N-dealkylation sites (tertiary alicyclic amines) is 1. The number of aryl methyl sites for hydroxylation is 1. The van der Waals surface area contributed by atoms with Crippen LogP contribution in [0.15, 0.2) is 54.3 Å². The molecular formula is C37H64N2O. The quantitative estimate of drug-likeness (QED) is 0.249. The van der Waals surface area contributed by atoms with Gasteiger partial charge in [-0.2, -0.15) is 0 Å². The molecule has 1 aromatic heterocycles. The Labute approximate surface area is 249 Å². The van der Waals surface area contributed by atoms with E-state index < -0.39 is 0 Å². The first-order valence-electron chi connectivity index (χ1n) is 16.1. The molecule has 1 aromatic rings. The van der Waals surface area contributed by atoms with Gasteiger partial charge in [0.15, 0.2) is 0 Å². The molecule has 3 fully saturated rings. The molecule has 3 aliphatic rings. The van der Waals surface area contributed by atoms with Crippen LogP contribution in [0.1, 0.15) is 137 Å². The number of unbranched alkanes of at least 4 members (excludes halogenated alkanes) is 2. The average Bonchev–Trinajstić information content (AvgIpc) is 3.69. The number of ketones is 1. The Kier molecular flexibility index (Phi) is 22.5. The normalized spacial score (nSPS) is 16.9. The molecule has 0 aromatic carbocycles. The van der Waals surface area contributed by atoms with Crippen molar-refractivity contribution in [2.75, 3.05) is 13.1 Å². The van der Waals surface area contributed by atoms with Crippen molar-refractivity contribution in [3.63, 3.8) is 0 Å². The van der Waals surface area contributed by atoms with Crippen molar-refractivity contribution in [2.45, 2.75) is 139 Å². The third kappa shape index (κ3) is 20.8. The van der Waals surface area contributed by atoms with Crippen molar-refractivity contribution >= 4 is 5.78 Å². The summed E-state index contributed by atoms with van der Waals surface area (Å²) in [5, 5.41) is 0. The molecular weight excluding hydrogens is 488 g/mol. The molecule has 0 amide bonds. The molecule has 3 nitrogen and oxygen atoms in total. The number of carbonyl (C=O) groups is 1. The number of nitrogens with zero attached hydrogens (tertiary/aromatic N) is 2. The monoisotopic (exact) mass is 553 g/mol. The zero-order chi connectivity index (χ0) is 30.3. The third-order valence-electron chi connectivity index (χ3n) is 7.27. The Morgan fingerprint density at radius 3 is 1.70 bits per heavy atom. The molecule has 2 aliphatic carbocycles. The fourth-order valence-corrected chi connectivity index (χ4v) is 4.51. The van der Waals surface area contributed by atoms with Gasteiger partial charge < -0.3 is 0 Å². The predicted molar refractivity (Wildman–Crippen MR) is 178 cm³/mol. The van der Waals surface area contributed by atoms with E-state index in [4.69, 9.17) is 0 Å². The molecule has 0 unspecified atom stereocenters. The lowest BCUT2D eigenvalue weighted by atomic mass is 9.83. The van der Waals surface area contributed by atoms with Crippen molar-refractivity contribution in [3.05, 3.63) is 65.5 Å². The first-order chi connectivity index (χ1) is 19.0. The molecule has 0 atom stereocenters. The van der Waals surface area contributed by atoms with E-state index in [0.29, 0.717) is 11.7 Å². The van der Waals surface area contributed by atoms with Gasteiger partial charge in [-0.1, -0.05) is 82.2 Å². The lowest BCUT2D eigenvalue weighted by Crippen LogP contribution is -2.24. The smallest absolute Gasteiger partial charge is 0.132 e. The molecule has 4 rings (SSSR count). The Morgan fingerprint density at radius 2 is 1.45 bits per heavy atom. The summed E-state index contributed by atoms with van der Waals surface area (Å²) in [5.74, 6) is 1.69. The molecule has 40 heavy (non-hydrogen) atoms. The molecule has 3 heteroatoms. The van der Waals surface area contributed by atoms with Crippen LogP contribution < -0.4 is 0 Å². The van der Waals surface area contributed by atoms with Crippen LogP contribution in [0.5, 0.6) is 0 Å². The van der Waals surface area contributed by atoms with Gasteiger partial charge >= 0.3 is 0 Å². The summed E-state index contributed by atoms with van der Waals surface area (Å²) in [6.45, 7) is 27.3. The number of allylic oxidation sites excluding steroid dienone is 4. The molecule has 0 bridgehead atoms. The Morgan fingerprint density at radius 1 is 0.900 bits per heavy atom. The number of aromatic nitrogens is 1. The van der Waals surface area contributed by atoms with Gasteiger partial charge in [0.1, 0.15) is 5.78 Å². The topological polar surface area (TPSA) is 33.2 Å². The van der Waals surface area contributed by atoms with E-state index >= 15 is 0 Å². The van der Waals surface area contributed by atoms with Crippen LogP contribution in [0.4, 0.5) is 0 Å². The molecule has 2 heterocycles. The minimum Gasteiger partial charge on any atom is -0.300 e. The van der Waals surface area contributed by atoms with Crippen LogP contribution in [0.25, 0.3) is 0 Å². The van der Waals surface area contributed by atoms with E-state index in [-0.39, 0.29) is 0 Å². The number of Topliss-reactive ketones (excluding diaryl/α,β-unsaturated/α-hetero) is 1. The highest BCUT2D eigenvalue weighted by Crippen LogP contribution is 2.39. The van der Waals surface area contributed by atoms with Crippen LogP contribution in [0.3, 0.4) is 0 Å². The second kappa shape index (κ2) is 23.7. The number of pyridine rings is 1. The second-order valence-corrected chi connectivity index (χ2v) is 12.1. The fourth-order valence-electron chi connectivity index (χ4n) is 4.51. The van der Waals surface area contributed by atoms with Gasteiger partial charge in [-0.25, -0.2) is 0 Å². The maximum Gasteiger partial charge on any atom is 0.132 e. The number of carbonyl (C=O) groups excluding carboxylic acids is 1. The van der Waals surface area contributed by atoms with E-state index in [1.807, 2.05) is 20.0 Å². The highest BCUT2D eigenvalue weighted by molar-refractivity contribution is 5.78. The van der Waals surface area contributed by atoms with Crippen molar-refractivity contribution in [1.82, 2.24) is 9.88 Å². The number of rotatable bonds is 7. The van der Waals surface area contributed by atoms with E-state index in [1.54, 1.807) is 6.92 Å². The van der Waals surface area contributed by atoms with Crippen molar-refractivity contribution in [3.8, 4) is 0 Å². The molecule has 1 saturated heterocycles. The minimum atomic E-state index is 0.381. The average molecular weight is 553 g/mol. The van der Waals surface area contributed by atoms with Crippen LogP contribution in [0.2, 0.25) is 0 Å². The maximum absolute atomic E-state index is 10.4. The van der Waals surface area contributed by atoms with E-state index in [1.165, 1.54) is 105 Å². The summed E-state index contributed by atoms with van der Waals surface area (Å²) < 4.78 is 0. The number of hydrogen-bond acceptors (Lipinski definition) is 3. The first kappa shape index (κ1) is 38.0. The summed E-state index contributed by atoms with van der Waals surface area (Å²) in [5.41, 5.74) is 6.35. The van der Waals surface area contributed by atoms with Crippen LogP contribution in [-0.4, -0.2) is 28.8 Å². The second-order valence-electron chi connectivity index (χ2n) is 12.1. The molecule has 0 N–H and O–H groups in total. The summed E-state index contributed by atoms with van der Waals surface area (Å²) in [7, 11) is 0. The van der Waals surface area contributed by atoms with E-state index in [9.17, 15) is 4.79 Å². The molecule has 0 spiro atoms. The van der Waals surface area contributed by atoms with E-state index in [0.717, 1.165) is 25.3 Å². The fraction of sp³-hybridized carbons (Fsp3) is 0.676. The Balaban J connectivity index is 0.000000523. The standard InChI is InChI=1S/C13H20N2.C9H14.C6H10O.C5H12.C4H8/c1-12-6-7-13(14-10-12)11-15-8-4-2-3-5-9-15;1-4-9(7(2)3)8-5-6-8;1-5(7)6-3-2-4-6;1-3-5-4-2;1-4(2)3/h6-7,10H,2-5,8-9,11H2,1H3;4,8H,2,5-6H2,1,3H3;6H,2-4H2,1H3;3-5H2,1-2H3;1H2,2-3H3/b;9-4+;;;. The van der Waals surface area contributed by atoms with Gasteiger partial charge in [0.25, 0.3) is 0 Å². The Hall–Kier alpha value is -2.00. The summed E-state index contributed by atoms with van der Waals surface area (Å²) >= 11 is 0. The summed E-state index contributed by atoms with van der Waals surface area (Å²) in [6, 6.07) is 4.31. The van der Waals surface area contributed by atoms with Gasteiger partial charge in [-0.3, -0.25) is 14.7 Å². The largest absolute Gasteiger partial charge is 0.300 e. The third-order valence-corrected chi connectivity index (χ3v) is 7.27. The van der Waals surface area contributed by atoms with Crippen molar-refractivity contribution in [2.24, 2.45) is 11.8 Å². The highest BCUT2D eigenvalue weighted by atomic mass is 16.1. The van der Waals surface area contributed by atoms with Crippen LogP contribution >= 0.6 is 0 Å². The lowest BCUT2D eigenvalue weighted by molar-refractivity contribution is -0.122. The van der Waals surface area contributed by atoms with Gasteiger partial charge in [-0.15, -0.1) is 6.58 Å². The highest BCUT2D eigenvalue weighted by Gasteiger charge is 2.25. The lowest BCUT2D eigenvalue weighted by Gasteiger charge is -2.21. The summed E-state index contributed by atoms with van der Waals surface area (Å²) in [6.07, 6.45) is 20.1. The van der Waals surface area contributed by atoms with Crippen molar-refractivity contribution < 1.29 is 4.79 Å². The molecule has 2 saturated carbocycles. The van der Waals surface area contributed by atoms with Crippen molar-refractivity contribution in [1.29, 1.82) is 0 Å². The van der Waals surface area contributed by atoms with Gasteiger partial charge in [0, 0.05) is 18.7 Å². The predicted octanol–water partition coefficient (Wildman–Crippen LogP) is 10.8. The summed E-state index contributed by atoms with van der Waals surface area (Å²) in [4.78, 5) is 17.4. The minimum absolute atomic E-state index is 0.381. The van der Waals surface area contributed by atoms with Gasteiger partial charge in [0.05, 0.1) is 5.69 Å². The number of hydrogen-bond donors (Lipinski definition) is 0. The zero-order valence-electron chi connectivity index (χ0n) is 27.8. The first-order valence-corrected chi connectivity index (χ1v) is 16.1. The van der Waals surface area contributed by atoms with Crippen LogP contribution in [-0.2, 0) is 11.3 Å². The zero-order valence-corrected chi connectivity index (χ0v) is 27.8. The molecule has 0 radical (unpaired) electrons. The maximum atomic E-state index is 10.4. The molecule has 228 valence electrons.